The lowest BCUT2D eigenvalue weighted by atomic mass is 10.0. The van der Waals surface area contributed by atoms with Crippen LogP contribution in [-0.4, -0.2) is 23.9 Å². The molecule has 6 N–H and O–H groups in total. The number of carbonyl (C=O) groups excluding carboxylic acids is 3. The average molecular weight is 251 g/mol. The van der Waals surface area contributed by atoms with Crippen LogP contribution in [0.25, 0.3) is 0 Å². The predicted octanol–water partition coefficient (Wildman–Crippen LogP) is -0.209. The number of carbonyl (C=O) groups is 3. The van der Waals surface area contributed by atoms with E-state index < -0.39 is 23.9 Å². The first-order valence-electron chi connectivity index (χ1n) is 5.06. The number of benzene rings is 1. The SMILES string of the molecule is NC(=O)OC(=O)C(N)CC(=O)c1ccccc1N. The molecule has 1 atom stereocenters. The van der Waals surface area contributed by atoms with E-state index in [0.717, 1.165) is 0 Å². The average Bonchev–Trinajstić information content (AvgIpc) is 2.28. The summed E-state index contributed by atoms with van der Waals surface area (Å²) in [6, 6.07) is 5.12. The zero-order chi connectivity index (χ0) is 13.7. The van der Waals surface area contributed by atoms with E-state index in [4.69, 9.17) is 11.5 Å². The summed E-state index contributed by atoms with van der Waals surface area (Å²) >= 11 is 0. The molecule has 0 aliphatic carbocycles. The van der Waals surface area contributed by atoms with Gasteiger partial charge < -0.3 is 21.9 Å². The highest BCUT2D eigenvalue weighted by molar-refractivity contribution is 6.03. The largest absolute Gasteiger partial charge is 0.412 e. The van der Waals surface area contributed by atoms with Crippen molar-refractivity contribution in [3.05, 3.63) is 29.8 Å². The highest BCUT2D eigenvalue weighted by atomic mass is 16.6. The van der Waals surface area contributed by atoms with Crippen LogP contribution in [0.15, 0.2) is 24.3 Å². The summed E-state index contributed by atoms with van der Waals surface area (Å²) in [6.07, 6.45) is -1.58. The number of esters is 1. The number of nitrogen functional groups attached to an aromatic ring is 1. The van der Waals surface area contributed by atoms with E-state index in [1.807, 2.05) is 0 Å². The first kappa shape index (κ1) is 13.7. The van der Waals surface area contributed by atoms with Gasteiger partial charge in [-0.3, -0.25) is 4.79 Å². The van der Waals surface area contributed by atoms with Crippen LogP contribution in [0.1, 0.15) is 16.8 Å². The van der Waals surface area contributed by atoms with Crippen LogP contribution in [0.4, 0.5) is 10.5 Å². The molecule has 96 valence electrons. The normalized spacial score (nSPS) is 11.6. The Hall–Kier alpha value is -2.41. The van der Waals surface area contributed by atoms with E-state index in [0.29, 0.717) is 0 Å². The lowest BCUT2D eigenvalue weighted by Gasteiger charge is -2.09. The highest BCUT2D eigenvalue weighted by Crippen LogP contribution is 2.13. The Kier molecular flexibility index (Phi) is 4.39. The molecular formula is C11H13N3O4. The summed E-state index contributed by atoms with van der Waals surface area (Å²) in [4.78, 5) is 33.3. The van der Waals surface area contributed by atoms with Crippen LogP contribution in [-0.2, 0) is 9.53 Å². The second kappa shape index (κ2) is 5.78. The number of ether oxygens (including phenoxy) is 1. The van der Waals surface area contributed by atoms with Crippen LogP contribution in [0.2, 0.25) is 0 Å². The van der Waals surface area contributed by atoms with Crippen molar-refractivity contribution in [2.24, 2.45) is 11.5 Å². The van der Waals surface area contributed by atoms with Gasteiger partial charge in [-0.1, -0.05) is 12.1 Å². The van der Waals surface area contributed by atoms with Crippen LogP contribution < -0.4 is 17.2 Å². The summed E-state index contributed by atoms with van der Waals surface area (Å²) in [7, 11) is 0. The Morgan fingerprint density at radius 1 is 1.22 bits per heavy atom. The molecule has 0 saturated carbocycles. The van der Waals surface area contributed by atoms with Gasteiger partial charge in [-0.2, -0.15) is 0 Å². The number of ketones is 1. The minimum absolute atomic E-state index is 0.264. The molecule has 0 heterocycles. The second-order valence-electron chi connectivity index (χ2n) is 3.56. The maximum absolute atomic E-state index is 11.8. The van der Waals surface area contributed by atoms with Gasteiger partial charge in [0.15, 0.2) is 5.78 Å². The molecule has 0 fully saturated rings. The van der Waals surface area contributed by atoms with E-state index in [1.165, 1.54) is 6.07 Å². The Morgan fingerprint density at radius 3 is 2.39 bits per heavy atom. The van der Waals surface area contributed by atoms with Crippen molar-refractivity contribution in [3.63, 3.8) is 0 Å². The van der Waals surface area contributed by atoms with Crippen molar-refractivity contribution in [2.45, 2.75) is 12.5 Å². The molecule has 1 amide bonds. The second-order valence-corrected chi connectivity index (χ2v) is 3.56. The zero-order valence-corrected chi connectivity index (χ0v) is 9.46. The Morgan fingerprint density at radius 2 is 1.83 bits per heavy atom. The molecule has 18 heavy (non-hydrogen) atoms. The zero-order valence-electron chi connectivity index (χ0n) is 9.46. The summed E-state index contributed by atoms with van der Waals surface area (Å²) in [5.74, 6) is -1.47. The number of anilines is 1. The molecule has 0 radical (unpaired) electrons. The van der Waals surface area contributed by atoms with Crippen molar-refractivity contribution in [1.82, 2.24) is 0 Å². The molecule has 1 unspecified atom stereocenters. The minimum atomic E-state index is -1.26. The molecule has 0 spiro atoms. The van der Waals surface area contributed by atoms with Crippen molar-refractivity contribution < 1.29 is 19.1 Å². The standard InChI is InChI=1S/C11H13N3O4/c12-7-4-2-1-3-6(7)9(15)5-8(13)10(16)18-11(14)17/h1-4,8H,5,12-13H2,(H2,14,17). The van der Waals surface area contributed by atoms with Gasteiger partial charge in [0.25, 0.3) is 0 Å². The number of Topliss-reactive ketones (excluding diaryl/α,β-unsaturated/α-hetero) is 1. The molecule has 0 aliphatic heterocycles. The summed E-state index contributed by atoms with van der Waals surface area (Å²) in [5, 5.41) is 0. The number of nitrogens with two attached hydrogens (primary N) is 3. The van der Waals surface area contributed by atoms with Gasteiger partial charge in [0.1, 0.15) is 6.04 Å². The molecule has 1 rings (SSSR count). The fourth-order valence-corrected chi connectivity index (χ4v) is 1.32. The number of hydrogen-bond acceptors (Lipinski definition) is 6. The van der Waals surface area contributed by atoms with Gasteiger partial charge >= 0.3 is 12.1 Å². The lowest BCUT2D eigenvalue weighted by Crippen LogP contribution is -2.37. The van der Waals surface area contributed by atoms with Crippen LogP contribution in [0.3, 0.4) is 0 Å². The number of rotatable bonds is 4. The van der Waals surface area contributed by atoms with Crippen molar-refractivity contribution >= 4 is 23.5 Å². The number of hydrogen-bond donors (Lipinski definition) is 3. The van der Waals surface area contributed by atoms with E-state index in [1.54, 1.807) is 18.2 Å². The quantitative estimate of drug-likeness (QED) is 0.293. The Labute approximate surface area is 103 Å². The van der Waals surface area contributed by atoms with Gasteiger partial charge in [-0.05, 0) is 12.1 Å². The summed E-state index contributed by atoms with van der Waals surface area (Å²) in [6.45, 7) is 0. The third-order valence-corrected chi connectivity index (χ3v) is 2.17. The predicted molar refractivity (Wildman–Crippen MR) is 63.5 cm³/mol. The highest BCUT2D eigenvalue weighted by Gasteiger charge is 2.22. The monoisotopic (exact) mass is 251 g/mol. The fraction of sp³-hybridized carbons (Fsp3) is 0.182. The van der Waals surface area contributed by atoms with Crippen molar-refractivity contribution in [2.75, 3.05) is 5.73 Å². The number of amides is 1. The maximum atomic E-state index is 11.8. The van der Waals surface area contributed by atoms with Gasteiger partial charge in [0.05, 0.1) is 0 Å². The lowest BCUT2D eigenvalue weighted by molar-refractivity contribution is -0.138. The smallest absolute Gasteiger partial charge is 0.398 e. The molecule has 0 aliphatic rings. The molecule has 0 aromatic heterocycles. The molecule has 0 bridgehead atoms. The van der Waals surface area contributed by atoms with E-state index in [2.05, 4.69) is 10.5 Å². The van der Waals surface area contributed by atoms with Crippen LogP contribution in [0, 0.1) is 0 Å². The van der Waals surface area contributed by atoms with E-state index in [-0.39, 0.29) is 17.7 Å². The van der Waals surface area contributed by atoms with Gasteiger partial charge in [-0.25, -0.2) is 9.59 Å². The summed E-state index contributed by atoms with van der Waals surface area (Å²) < 4.78 is 4.07. The molecule has 1 aromatic carbocycles. The minimum Gasteiger partial charge on any atom is -0.398 e. The number of para-hydroxylation sites is 1. The van der Waals surface area contributed by atoms with Crippen molar-refractivity contribution in [3.8, 4) is 0 Å². The Bertz CT molecular complexity index is 487. The van der Waals surface area contributed by atoms with Crippen molar-refractivity contribution in [1.29, 1.82) is 0 Å². The van der Waals surface area contributed by atoms with Gasteiger partial charge in [-0.15, -0.1) is 0 Å². The number of primary amides is 1. The maximum Gasteiger partial charge on any atom is 0.412 e. The molecule has 0 saturated heterocycles. The topological polar surface area (TPSA) is 139 Å². The molecular weight excluding hydrogens is 238 g/mol. The van der Waals surface area contributed by atoms with Crippen LogP contribution in [0.5, 0.6) is 0 Å². The molecule has 7 nitrogen and oxygen atoms in total. The Balaban J connectivity index is 2.68. The fourth-order valence-electron chi connectivity index (χ4n) is 1.32. The van der Waals surface area contributed by atoms with Gasteiger partial charge in [0.2, 0.25) is 0 Å². The van der Waals surface area contributed by atoms with Gasteiger partial charge in [0, 0.05) is 17.7 Å². The molecule has 7 heteroatoms. The van der Waals surface area contributed by atoms with E-state index in [9.17, 15) is 14.4 Å². The third kappa shape index (κ3) is 3.56. The first-order valence-corrected chi connectivity index (χ1v) is 5.06. The van der Waals surface area contributed by atoms with E-state index >= 15 is 0 Å². The summed E-state index contributed by atoms with van der Waals surface area (Å²) in [5.41, 5.74) is 16.2. The third-order valence-electron chi connectivity index (χ3n) is 2.17. The first-order chi connectivity index (χ1) is 8.41. The molecule has 1 aromatic rings. The van der Waals surface area contributed by atoms with Crippen LogP contribution >= 0.6 is 0 Å².